The highest BCUT2D eigenvalue weighted by molar-refractivity contribution is 5.90. The van der Waals surface area contributed by atoms with Gasteiger partial charge >= 0.3 is 17.6 Å². The zero-order chi connectivity index (χ0) is 47.1. The van der Waals surface area contributed by atoms with Gasteiger partial charge in [-0.25, -0.2) is 9.59 Å². The average Bonchev–Trinajstić information content (AvgIpc) is 3.32. The number of aryl methyl sites for hydroxylation is 2. The molecule has 1 aromatic heterocycles. The van der Waals surface area contributed by atoms with Crippen molar-refractivity contribution in [2.24, 2.45) is 11.8 Å². The molecule has 5 aromatic rings. The Labute approximate surface area is 394 Å². The van der Waals surface area contributed by atoms with E-state index in [0.29, 0.717) is 41.5 Å². The lowest BCUT2D eigenvalue weighted by Crippen LogP contribution is -2.58. The third kappa shape index (κ3) is 10.8. The Kier molecular flexibility index (Phi) is 15.5. The third-order valence-corrected chi connectivity index (χ3v) is 14.6. The van der Waals surface area contributed by atoms with Crippen molar-refractivity contribution >= 4 is 22.9 Å². The van der Waals surface area contributed by atoms with Gasteiger partial charge < -0.3 is 33.6 Å². The molecule has 67 heavy (non-hydrogen) atoms. The van der Waals surface area contributed by atoms with Crippen LogP contribution in [0.2, 0.25) is 0 Å². The molecule has 0 unspecified atom stereocenters. The molecule has 10 nitrogen and oxygen atoms in total. The van der Waals surface area contributed by atoms with E-state index in [0.717, 1.165) is 68.1 Å². The number of aliphatic hydroxyl groups is 2. The molecule has 4 aliphatic rings. The molecule has 4 aromatic carbocycles. The summed E-state index contributed by atoms with van der Waals surface area (Å²) < 4.78 is 32.4. The van der Waals surface area contributed by atoms with Crippen LogP contribution >= 0.6 is 0 Å². The van der Waals surface area contributed by atoms with Gasteiger partial charge in [0.2, 0.25) is 0 Å². The quantitative estimate of drug-likeness (QED) is 0.0706. The number of methoxy groups -OCH3 is 1. The maximum Gasteiger partial charge on any atom is 0.340 e. The standard InChI is InChI=1S/C57H66O10/c1-36(2)45-25-24-37-18-20-40(21-19-37)32-42(23-22-39-14-11-15-41(31-39)30-38-12-7-5-8-13-38)33-49(60)64-53-51-48(67-57(3,54(53)66-55(45)61)44-16-9-6-10-17-44)27-26-46-47(34-59)50(56(62)65-52(46)51)43(28-29-58)35-63-4/h5,7-8,11-15,18-21,26-27,31,42-44,53-54,58-59H,6,9-10,16-17,22-25,28-30,32-35H2,1-4H3/t42-,43-,53-,54+,57+/m1/s1. The lowest BCUT2D eigenvalue weighted by atomic mass is 9.71. The van der Waals surface area contributed by atoms with Crippen LogP contribution in [0.1, 0.15) is 135 Å². The molecule has 3 aliphatic heterocycles. The molecule has 9 rings (SSSR count). The van der Waals surface area contributed by atoms with Crippen LogP contribution in [0.4, 0.5) is 0 Å². The van der Waals surface area contributed by atoms with Gasteiger partial charge in [-0.05, 0) is 130 Å². The van der Waals surface area contributed by atoms with Crippen molar-refractivity contribution in [3.63, 3.8) is 0 Å². The summed E-state index contributed by atoms with van der Waals surface area (Å²) in [5.41, 5.74) is 6.30. The molecule has 0 radical (unpaired) electrons. The fourth-order valence-corrected chi connectivity index (χ4v) is 11.0. The second kappa shape index (κ2) is 21.6. The Morgan fingerprint density at radius 3 is 2.27 bits per heavy atom. The van der Waals surface area contributed by atoms with Crippen LogP contribution in [0.3, 0.4) is 0 Å². The largest absolute Gasteiger partial charge is 0.483 e. The molecule has 10 heteroatoms. The smallest absolute Gasteiger partial charge is 0.340 e. The van der Waals surface area contributed by atoms with E-state index in [9.17, 15) is 24.6 Å². The Morgan fingerprint density at radius 2 is 1.55 bits per heavy atom. The third-order valence-electron chi connectivity index (χ3n) is 14.6. The molecule has 1 saturated carbocycles. The van der Waals surface area contributed by atoms with Crippen molar-refractivity contribution < 1.29 is 43.2 Å². The minimum absolute atomic E-state index is 0.0520. The summed E-state index contributed by atoms with van der Waals surface area (Å²) in [6.07, 6.45) is 6.63. The number of fused-ring (bicyclic) bond motifs is 13. The number of ether oxygens (including phenoxy) is 4. The highest BCUT2D eigenvalue weighted by Gasteiger charge is 2.56. The van der Waals surface area contributed by atoms with Crippen LogP contribution in [0.25, 0.3) is 11.0 Å². The number of carbonyl (C=O) groups is 2. The van der Waals surface area contributed by atoms with Gasteiger partial charge in [0.25, 0.3) is 0 Å². The zero-order valence-electron chi connectivity index (χ0n) is 39.5. The Morgan fingerprint density at radius 1 is 0.821 bits per heavy atom. The summed E-state index contributed by atoms with van der Waals surface area (Å²) in [6.45, 7) is 5.19. The van der Waals surface area contributed by atoms with Crippen LogP contribution in [-0.4, -0.2) is 54.2 Å². The van der Waals surface area contributed by atoms with Gasteiger partial charge in [0, 0.05) is 48.5 Å². The van der Waals surface area contributed by atoms with E-state index in [1.807, 2.05) is 26.8 Å². The summed E-state index contributed by atoms with van der Waals surface area (Å²) >= 11 is 0. The van der Waals surface area contributed by atoms with Crippen molar-refractivity contribution in [3.05, 3.63) is 157 Å². The highest BCUT2D eigenvalue weighted by Crippen LogP contribution is 2.52. The molecule has 2 bridgehead atoms. The normalized spacial score (nSPS) is 22.1. The monoisotopic (exact) mass is 910 g/mol. The predicted molar refractivity (Wildman–Crippen MR) is 258 cm³/mol. The SMILES string of the molecule is COC[C@@H](CCO)c1c(CO)c2ccc3c(c2oc1=O)[C@H]1OC(=O)C[C@H](CCc2cccc(Cc4ccccc4)c2)Cc2ccc(cc2)CCC(=C(C)C)C(=O)O[C@@H]1[C@](C)(C1CCCCC1)O3. The second-order valence-corrected chi connectivity index (χ2v) is 19.4. The number of carbonyl (C=O) groups excluding carboxylic acids is 2. The van der Waals surface area contributed by atoms with Crippen molar-refractivity contribution in [1.82, 2.24) is 0 Å². The van der Waals surface area contributed by atoms with E-state index in [2.05, 4.69) is 72.8 Å². The van der Waals surface area contributed by atoms with Gasteiger partial charge in [-0.15, -0.1) is 0 Å². The maximum absolute atomic E-state index is 14.9. The first-order chi connectivity index (χ1) is 32.5. The summed E-state index contributed by atoms with van der Waals surface area (Å²) in [6, 6.07) is 31.1. The molecular weight excluding hydrogens is 845 g/mol. The first-order valence-electron chi connectivity index (χ1n) is 24.3. The molecule has 5 atom stereocenters. The number of aliphatic hydroxyl groups excluding tert-OH is 2. The maximum atomic E-state index is 14.9. The van der Waals surface area contributed by atoms with Gasteiger partial charge in [0.1, 0.15) is 16.9 Å². The zero-order valence-corrected chi connectivity index (χ0v) is 39.5. The molecule has 354 valence electrons. The van der Waals surface area contributed by atoms with Crippen LogP contribution in [0.15, 0.2) is 111 Å². The number of hydrogen-bond donors (Lipinski definition) is 2. The second-order valence-electron chi connectivity index (χ2n) is 19.4. The van der Waals surface area contributed by atoms with E-state index in [-0.39, 0.29) is 54.6 Å². The van der Waals surface area contributed by atoms with E-state index in [1.165, 1.54) is 23.8 Å². The molecule has 1 fully saturated rings. The number of esters is 2. The van der Waals surface area contributed by atoms with E-state index in [1.54, 1.807) is 12.1 Å². The van der Waals surface area contributed by atoms with Gasteiger partial charge in [-0.2, -0.15) is 0 Å². The van der Waals surface area contributed by atoms with Crippen LogP contribution in [0.5, 0.6) is 5.75 Å². The van der Waals surface area contributed by atoms with Crippen LogP contribution < -0.4 is 10.4 Å². The van der Waals surface area contributed by atoms with Gasteiger partial charge in [0.05, 0.1) is 18.8 Å². The fourth-order valence-electron chi connectivity index (χ4n) is 11.0. The van der Waals surface area contributed by atoms with Crippen LogP contribution in [0, 0.1) is 11.8 Å². The molecule has 0 spiro atoms. The fraction of sp³-hybridized carbons (Fsp3) is 0.456. The number of allylic oxidation sites excluding steroid dienone is 1. The van der Waals surface area contributed by atoms with Crippen molar-refractivity contribution in [1.29, 1.82) is 0 Å². The Balaban J connectivity index is 1.24. The lowest BCUT2D eigenvalue weighted by molar-refractivity contribution is -0.201. The molecule has 1 aliphatic carbocycles. The molecule has 4 heterocycles. The van der Waals surface area contributed by atoms with E-state index < -0.39 is 47.9 Å². The predicted octanol–water partition coefficient (Wildman–Crippen LogP) is 10.4. The Bertz CT molecular complexity index is 2600. The molecular formula is C57H66O10. The van der Waals surface area contributed by atoms with E-state index in [4.69, 9.17) is 23.4 Å². The topological polar surface area (TPSA) is 142 Å². The summed E-state index contributed by atoms with van der Waals surface area (Å²) in [5.74, 6) is -1.34. The van der Waals surface area contributed by atoms with Gasteiger partial charge in [-0.1, -0.05) is 104 Å². The molecule has 0 amide bonds. The summed E-state index contributed by atoms with van der Waals surface area (Å²) in [5, 5.41) is 21.4. The number of benzene rings is 4. The average molecular weight is 911 g/mol. The highest BCUT2D eigenvalue weighted by atomic mass is 16.6. The minimum atomic E-state index is -1.23. The van der Waals surface area contributed by atoms with Crippen molar-refractivity contribution in [2.45, 2.75) is 135 Å². The molecule has 2 N–H and O–H groups in total. The minimum Gasteiger partial charge on any atom is -0.483 e. The number of hydrogen-bond acceptors (Lipinski definition) is 10. The van der Waals surface area contributed by atoms with Crippen LogP contribution in [-0.2, 0) is 56.1 Å². The van der Waals surface area contributed by atoms with Crippen molar-refractivity contribution in [2.75, 3.05) is 20.3 Å². The number of rotatable bonds is 12. The first kappa shape index (κ1) is 47.9. The lowest BCUT2D eigenvalue weighted by Gasteiger charge is -2.50. The van der Waals surface area contributed by atoms with Gasteiger partial charge in [-0.3, -0.25) is 4.79 Å². The summed E-state index contributed by atoms with van der Waals surface area (Å²) in [7, 11) is 1.51. The van der Waals surface area contributed by atoms with Gasteiger partial charge in [0.15, 0.2) is 12.2 Å². The Hall–Kier alpha value is -5.55. The summed E-state index contributed by atoms with van der Waals surface area (Å²) in [4.78, 5) is 43.9. The van der Waals surface area contributed by atoms with E-state index >= 15 is 0 Å². The first-order valence-corrected chi connectivity index (χ1v) is 24.3. The van der Waals surface area contributed by atoms with Crippen molar-refractivity contribution in [3.8, 4) is 5.75 Å². The molecule has 0 saturated heterocycles.